The van der Waals surface area contributed by atoms with Crippen molar-refractivity contribution >= 4 is 22.6 Å². The van der Waals surface area contributed by atoms with Crippen molar-refractivity contribution in [2.24, 2.45) is 0 Å². The van der Waals surface area contributed by atoms with E-state index >= 15 is 0 Å². The van der Waals surface area contributed by atoms with Crippen LogP contribution in [0.2, 0.25) is 5.02 Å². The number of benzene rings is 1. The van der Waals surface area contributed by atoms with E-state index in [1.165, 1.54) is 0 Å². The number of nitrogens with zero attached hydrogens (tertiary/aromatic N) is 2. The van der Waals surface area contributed by atoms with Crippen LogP contribution in [0, 0.1) is 0 Å². The van der Waals surface area contributed by atoms with E-state index in [9.17, 15) is 0 Å². The van der Waals surface area contributed by atoms with Crippen LogP contribution >= 0.6 is 11.6 Å². The average molecular weight is 239 g/mol. The van der Waals surface area contributed by atoms with Crippen molar-refractivity contribution in [3.63, 3.8) is 0 Å². The molecule has 2 aromatic rings. The van der Waals surface area contributed by atoms with Crippen LogP contribution in [0.5, 0.6) is 0 Å². The summed E-state index contributed by atoms with van der Waals surface area (Å²) in [5, 5.41) is 0.728. The molecule has 0 spiro atoms. The molecule has 16 heavy (non-hydrogen) atoms. The first-order valence-corrected chi connectivity index (χ1v) is 5.77. The minimum atomic E-state index is 0.696. The molecule has 2 rings (SSSR count). The summed E-state index contributed by atoms with van der Waals surface area (Å²) < 4.78 is 7.30. The zero-order valence-corrected chi connectivity index (χ0v) is 10.3. The summed E-state index contributed by atoms with van der Waals surface area (Å²) in [6, 6.07) is 5.81. The first kappa shape index (κ1) is 11.4. The van der Waals surface area contributed by atoms with Gasteiger partial charge in [0.15, 0.2) is 0 Å². The molecule has 4 heteroatoms. The molecule has 0 aliphatic rings. The monoisotopic (exact) mass is 238 g/mol. The molecule has 86 valence electrons. The maximum Gasteiger partial charge on any atom is 0.109 e. The third kappa shape index (κ3) is 2.06. The van der Waals surface area contributed by atoms with Crippen molar-refractivity contribution < 1.29 is 4.74 Å². The third-order valence-electron chi connectivity index (χ3n) is 2.62. The Hall–Kier alpha value is -1.06. The number of aromatic nitrogens is 2. The Morgan fingerprint density at radius 3 is 2.94 bits per heavy atom. The van der Waals surface area contributed by atoms with Crippen LogP contribution in [0.3, 0.4) is 0 Å². The molecule has 0 amide bonds. The number of methoxy groups -OCH3 is 1. The second-order valence-corrected chi connectivity index (χ2v) is 4.10. The van der Waals surface area contributed by atoms with Crippen molar-refractivity contribution in [2.45, 2.75) is 19.9 Å². The summed E-state index contributed by atoms with van der Waals surface area (Å²) in [7, 11) is 1.71. The number of hydrogen-bond acceptors (Lipinski definition) is 2. The highest BCUT2D eigenvalue weighted by molar-refractivity contribution is 6.31. The minimum absolute atomic E-state index is 0.696. The summed E-state index contributed by atoms with van der Waals surface area (Å²) in [4.78, 5) is 4.57. The molecule has 1 aromatic carbocycles. The summed E-state index contributed by atoms with van der Waals surface area (Å²) in [6.45, 7) is 3.63. The van der Waals surface area contributed by atoms with Gasteiger partial charge in [-0.15, -0.1) is 0 Å². The highest BCUT2D eigenvalue weighted by Crippen LogP contribution is 2.20. The fourth-order valence-electron chi connectivity index (χ4n) is 1.85. The third-order valence-corrected chi connectivity index (χ3v) is 2.86. The van der Waals surface area contributed by atoms with E-state index in [0.29, 0.717) is 6.61 Å². The fourth-order valence-corrected chi connectivity index (χ4v) is 2.02. The Bertz CT molecular complexity index is 493. The van der Waals surface area contributed by atoms with Gasteiger partial charge in [-0.25, -0.2) is 4.98 Å². The van der Waals surface area contributed by atoms with Gasteiger partial charge >= 0.3 is 0 Å². The molecule has 0 N–H and O–H groups in total. The maximum absolute atomic E-state index is 5.95. The van der Waals surface area contributed by atoms with Gasteiger partial charge in [-0.05, 0) is 18.2 Å². The Morgan fingerprint density at radius 1 is 1.44 bits per heavy atom. The average Bonchev–Trinajstić information content (AvgIpc) is 2.63. The lowest BCUT2D eigenvalue weighted by atomic mass is 10.3. The summed E-state index contributed by atoms with van der Waals surface area (Å²) in [5.41, 5.74) is 2.08. The van der Waals surface area contributed by atoms with Crippen molar-refractivity contribution in [2.75, 3.05) is 13.7 Å². The topological polar surface area (TPSA) is 27.1 Å². The zero-order valence-electron chi connectivity index (χ0n) is 9.53. The van der Waals surface area contributed by atoms with Gasteiger partial charge in [-0.3, -0.25) is 0 Å². The van der Waals surface area contributed by atoms with Gasteiger partial charge in [0.25, 0.3) is 0 Å². The highest BCUT2D eigenvalue weighted by atomic mass is 35.5. The number of aryl methyl sites for hydroxylation is 1. The van der Waals surface area contributed by atoms with Crippen LogP contribution in [0.4, 0.5) is 0 Å². The minimum Gasteiger partial charge on any atom is -0.383 e. The normalized spacial score (nSPS) is 11.2. The lowest BCUT2D eigenvalue weighted by Crippen LogP contribution is -2.07. The second-order valence-electron chi connectivity index (χ2n) is 3.66. The SMILES string of the molecule is CCc1nc2cc(Cl)ccc2n1CCOC. The Morgan fingerprint density at radius 2 is 2.25 bits per heavy atom. The van der Waals surface area contributed by atoms with E-state index in [2.05, 4.69) is 16.5 Å². The Labute approximate surface area is 100.0 Å². The van der Waals surface area contributed by atoms with E-state index in [0.717, 1.165) is 34.8 Å². The molecule has 0 radical (unpaired) electrons. The molecular weight excluding hydrogens is 224 g/mol. The molecule has 0 aliphatic heterocycles. The largest absolute Gasteiger partial charge is 0.383 e. The summed E-state index contributed by atoms with van der Waals surface area (Å²) >= 11 is 5.95. The van der Waals surface area contributed by atoms with E-state index in [4.69, 9.17) is 16.3 Å². The number of halogens is 1. The van der Waals surface area contributed by atoms with Crippen molar-refractivity contribution in [1.82, 2.24) is 9.55 Å². The maximum atomic E-state index is 5.95. The number of ether oxygens (including phenoxy) is 1. The van der Waals surface area contributed by atoms with Crippen molar-refractivity contribution in [3.8, 4) is 0 Å². The number of rotatable bonds is 4. The number of hydrogen-bond donors (Lipinski definition) is 0. The van der Waals surface area contributed by atoms with E-state index in [1.54, 1.807) is 7.11 Å². The smallest absolute Gasteiger partial charge is 0.109 e. The predicted octanol–water partition coefficient (Wildman–Crippen LogP) is 2.90. The van der Waals surface area contributed by atoms with Crippen molar-refractivity contribution in [1.29, 1.82) is 0 Å². The van der Waals surface area contributed by atoms with Crippen LogP contribution in [-0.4, -0.2) is 23.3 Å². The molecule has 0 bridgehead atoms. The molecular formula is C12H15ClN2O. The summed E-state index contributed by atoms with van der Waals surface area (Å²) in [6.07, 6.45) is 0.913. The fraction of sp³-hybridized carbons (Fsp3) is 0.417. The second kappa shape index (κ2) is 4.85. The van der Waals surface area contributed by atoms with Crippen LogP contribution in [0.15, 0.2) is 18.2 Å². The molecule has 0 aliphatic carbocycles. The molecule has 0 saturated carbocycles. The Kier molecular flexibility index (Phi) is 3.46. The van der Waals surface area contributed by atoms with Crippen molar-refractivity contribution in [3.05, 3.63) is 29.0 Å². The quantitative estimate of drug-likeness (QED) is 0.819. The molecule has 0 atom stereocenters. The van der Waals surface area contributed by atoms with Gasteiger partial charge < -0.3 is 9.30 Å². The lowest BCUT2D eigenvalue weighted by Gasteiger charge is -2.06. The van der Waals surface area contributed by atoms with Gasteiger partial charge in [-0.2, -0.15) is 0 Å². The van der Waals surface area contributed by atoms with E-state index < -0.39 is 0 Å². The number of fused-ring (bicyclic) bond motifs is 1. The van der Waals surface area contributed by atoms with Crippen LogP contribution in [0.25, 0.3) is 11.0 Å². The van der Waals surface area contributed by atoms with Gasteiger partial charge in [0, 0.05) is 25.1 Å². The van der Waals surface area contributed by atoms with Crippen LogP contribution in [-0.2, 0) is 17.7 Å². The summed E-state index contributed by atoms with van der Waals surface area (Å²) in [5.74, 6) is 1.08. The van der Waals surface area contributed by atoms with Crippen LogP contribution < -0.4 is 0 Å². The first-order valence-electron chi connectivity index (χ1n) is 5.40. The van der Waals surface area contributed by atoms with E-state index in [1.807, 2.05) is 18.2 Å². The van der Waals surface area contributed by atoms with Crippen LogP contribution in [0.1, 0.15) is 12.7 Å². The molecule has 1 aromatic heterocycles. The van der Waals surface area contributed by atoms with E-state index in [-0.39, 0.29) is 0 Å². The predicted molar refractivity (Wildman–Crippen MR) is 66.0 cm³/mol. The zero-order chi connectivity index (χ0) is 11.5. The first-order chi connectivity index (χ1) is 7.76. The standard InChI is InChI=1S/C12H15ClN2O/c1-3-12-14-10-8-9(13)4-5-11(10)15(12)6-7-16-2/h4-5,8H,3,6-7H2,1-2H3. The Balaban J connectivity index is 2.50. The molecule has 0 saturated heterocycles. The highest BCUT2D eigenvalue weighted by Gasteiger charge is 2.08. The van der Waals surface area contributed by atoms with Gasteiger partial charge in [0.2, 0.25) is 0 Å². The molecule has 0 fully saturated rings. The van der Waals surface area contributed by atoms with Gasteiger partial charge in [0.1, 0.15) is 5.82 Å². The molecule has 0 unspecified atom stereocenters. The van der Waals surface area contributed by atoms with Gasteiger partial charge in [-0.1, -0.05) is 18.5 Å². The molecule has 3 nitrogen and oxygen atoms in total. The lowest BCUT2D eigenvalue weighted by molar-refractivity contribution is 0.187. The van der Waals surface area contributed by atoms with Gasteiger partial charge in [0.05, 0.1) is 17.6 Å². The number of imidazole rings is 1. The molecule has 1 heterocycles.